The van der Waals surface area contributed by atoms with Gasteiger partial charge in [-0.05, 0) is 59.7 Å². The zero-order chi connectivity index (χ0) is 28.2. The average molecular weight is 510 g/mol. The lowest BCUT2D eigenvalue weighted by Crippen LogP contribution is -2.18. The van der Waals surface area contributed by atoms with Crippen LogP contribution >= 0.6 is 0 Å². The molecule has 0 heterocycles. The molecule has 10 nitrogen and oxygen atoms in total. The van der Waals surface area contributed by atoms with Gasteiger partial charge in [0.25, 0.3) is 0 Å². The lowest BCUT2D eigenvalue weighted by Gasteiger charge is -2.26. The van der Waals surface area contributed by atoms with E-state index in [2.05, 4.69) is 13.8 Å². The molecule has 3 rings (SSSR count). The first kappa shape index (κ1) is 29.9. The van der Waals surface area contributed by atoms with Gasteiger partial charge in [-0.25, -0.2) is 19.2 Å². The Morgan fingerprint density at radius 2 is 0.811 bits per heavy atom. The molecule has 0 fully saturated rings. The molecule has 37 heavy (non-hydrogen) atoms. The second-order valence-corrected chi connectivity index (χ2v) is 7.92. The zero-order valence-corrected chi connectivity index (χ0v) is 19.9. The number of rotatable bonds is 6. The molecule has 0 saturated carbocycles. The molecule has 0 saturated heterocycles. The summed E-state index contributed by atoms with van der Waals surface area (Å²) in [7, 11) is 0. The predicted molar refractivity (Wildman–Crippen MR) is 133 cm³/mol. The maximum absolute atomic E-state index is 10.3. The summed E-state index contributed by atoms with van der Waals surface area (Å²) in [6.07, 6.45) is 1.12. The van der Waals surface area contributed by atoms with Gasteiger partial charge in [-0.3, -0.25) is 0 Å². The highest BCUT2D eigenvalue weighted by Crippen LogP contribution is 2.32. The third kappa shape index (κ3) is 10.4. The minimum Gasteiger partial charge on any atom is -0.508 e. The second-order valence-electron chi connectivity index (χ2n) is 7.92. The Balaban J connectivity index is 0.000000300. The van der Waals surface area contributed by atoms with Crippen LogP contribution in [-0.2, 0) is 15.0 Å². The van der Waals surface area contributed by atoms with Crippen LogP contribution in [0.4, 0.5) is 0 Å². The van der Waals surface area contributed by atoms with Gasteiger partial charge in [0.05, 0.1) is 11.1 Å². The molecule has 0 aromatic heterocycles. The molecule has 0 aliphatic heterocycles. The summed E-state index contributed by atoms with van der Waals surface area (Å²) < 4.78 is 0. The summed E-state index contributed by atoms with van der Waals surface area (Å²) >= 11 is 0. The highest BCUT2D eigenvalue weighted by molar-refractivity contribution is 5.91. The van der Waals surface area contributed by atoms with Crippen molar-refractivity contribution in [1.82, 2.24) is 0 Å². The van der Waals surface area contributed by atoms with Crippen LogP contribution in [0.25, 0.3) is 0 Å². The fourth-order valence-electron chi connectivity index (χ4n) is 2.82. The van der Waals surface area contributed by atoms with E-state index in [1.165, 1.54) is 24.3 Å². The van der Waals surface area contributed by atoms with Gasteiger partial charge >= 0.3 is 23.9 Å². The lowest BCUT2D eigenvalue weighted by molar-refractivity contribution is -0.134. The van der Waals surface area contributed by atoms with Crippen LogP contribution in [-0.4, -0.2) is 54.5 Å². The zero-order valence-electron chi connectivity index (χ0n) is 19.9. The van der Waals surface area contributed by atoms with Gasteiger partial charge in [0.15, 0.2) is 0 Å². The van der Waals surface area contributed by atoms with Gasteiger partial charge in [-0.2, -0.15) is 0 Å². The molecule has 0 bridgehead atoms. The number of carboxylic acid groups (broad SMARTS) is 4. The molecule has 0 aliphatic rings. The maximum Gasteiger partial charge on any atom is 0.335 e. The van der Waals surface area contributed by atoms with Crippen molar-refractivity contribution < 1.29 is 49.8 Å². The molecule has 3 aromatic carbocycles. The van der Waals surface area contributed by atoms with E-state index in [1.807, 2.05) is 24.3 Å². The smallest absolute Gasteiger partial charge is 0.335 e. The SMILES string of the molecule is CC(C)(c1ccc(O)cc1)c1ccc(O)cc1.O=C(O)C=CC(=O)O.O=C(O)c1ccc(C(=O)O)cc1. The van der Waals surface area contributed by atoms with Crippen molar-refractivity contribution in [2.24, 2.45) is 0 Å². The number of aromatic hydroxyl groups is 2. The van der Waals surface area contributed by atoms with E-state index in [-0.39, 0.29) is 28.0 Å². The molecule has 0 radical (unpaired) electrons. The highest BCUT2D eigenvalue weighted by atomic mass is 16.4. The first-order valence-corrected chi connectivity index (χ1v) is 10.5. The van der Waals surface area contributed by atoms with Gasteiger partial charge in [0, 0.05) is 17.6 Å². The normalized spacial score (nSPS) is 10.3. The number of phenolic OH excluding ortho intramolecular Hbond substituents is 2. The number of aliphatic carboxylic acids is 2. The highest BCUT2D eigenvalue weighted by Gasteiger charge is 2.22. The third-order valence-corrected chi connectivity index (χ3v) is 4.93. The van der Waals surface area contributed by atoms with E-state index >= 15 is 0 Å². The summed E-state index contributed by atoms with van der Waals surface area (Å²) in [6.45, 7) is 4.23. The quantitative estimate of drug-likeness (QED) is 0.262. The van der Waals surface area contributed by atoms with Crippen LogP contribution < -0.4 is 0 Å². The van der Waals surface area contributed by atoms with Crippen molar-refractivity contribution in [3.05, 3.63) is 107 Å². The standard InChI is InChI=1S/C15H16O2.C8H6O4.C4H4O4/c1-15(2,11-3-7-13(16)8-4-11)12-5-9-14(17)10-6-12;9-7(10)5-1-2-6(4-3-5)8(11)12;5-3(6)1-2-4(7)8/h3-10,16-17H,1-2H3;1-4H,(H,9,10)(H,11,12);1-2H,(H,5,6)(H,7,8). The van der Waals surface area contributed by atoms with Gasteiger partial charge in [-0.1, -0.05) is 38.1 Å². The molecule has 3 aromatic rings. The van der Waals surface area contributed by atoms with Crippen LogP contribution in [0.1, 0.15) is 45.7 Å². The largest absolute Gasteiger partial charge is 0.508 e. The molecule has 0 spiro atoms. The number of aromatic carboxylic acids is 2. The number of phenols is 2. The number of hydrogen-bond donors (Lipinski definition) is 6. The minimum absolute atomic E-state index is 0.0833. The third-order valence-electron chi connectivity index (χ3n) is 4.93. The van der Waals surface area contributed by atoms with Crippen LogP contribution in [0.2, 0.25) is 0 Å². The Hall–Kier alpha value is -5.12. The van der Waals surface area contributed by atoms with Crippen LogP contribution in [0.5, 0.6) is 11.5 Å². The van der Waals surface area contributed by atoms with Crippen molar-refractivity contribution in [3.63, 3.8) is 0 Å². The molecule has 194 valence electrons. The van der Waals surface area contributed by atoms with Crippen molar-refractivity contribution in [2.45, 2.75) is 19.3 Å². The van der Waals surface area contributed by atoms with E-state index in [4.69, 9.17) is 20.4 Å². The van der Waals surface area contributed by atoms with Crippen molar-refractivity contribution in [2.75, 3.05) is 0 Å². The lowest BCUT2D eigenvalue weighted by atomic mass is 9.78. The van der Waals surface area contributed by atoms with Crippen molar-refractivity contribution in [3.8, 4) is 11.5 Å². The monoisotopic (exact) mass is 510 g/mol. The fourth-order valence-corrected chi connectivity index (χ4v) is 2.82. The molecular formula is C27H26O10. The van der Waals surface area contributed by atoms with Crippen LogP contribution in [0.3, 0.4) is 0 Å². The maximum atomic E-state index is 10.3. The average Bonchev–Trinajstić information content (AvgIpc) is 2.84. The molecule has 10 heteroatoms. The molecule has 0 amide bonds. The molecule has 0 atom stereocenters. The summed E-state index contributed by atoms with van der Waals surface area (Å²) in [4.78, 5) is 39.8. The second kappa shape index (κ2) is 13.7. The number of carboxylic acids is 4. The number of hydrogen-bond acceptors (Lipinski definition) is 6. The summed E-state index contributed by atoms with van der Waals surface area (Å²) in [6, 6.07) is 19.5. The topological polar surface area (TPSA) is 190 Å². The molecule has 0 aliphatic carbocycles. The van der Waals surface area contributed by atoms with Crippen LogP contribution in [0, 0.1) is 0 Å². The van der Waals surface area contributed by atoms with E-state index in [0.29, 0.717) is 12.2 Å². The Kier molecular flexibility index (Phi) is 11.1. The Morgan fingerprint density at radius 1 is 0.541 bits per heavy atom. The van der Waals surface area contributed by atoms with Gasteiger partial charge < -0.3 is 30.6 Å². The predicted octanol–water partition coefficient (Wildman–Crippen LogP) is 4.22. The minimum atomic E-state index is -1.26. The Morgan fingerprint density at radius 3 is 1.03 bits per heavy atom. The van der Waals surface area contributed by atoms with E-state index < -0.39 is 23.9 Å². The van der Waals surface area contributed by atoms with Gasteiger partial charge in [0.2, 0.25) is 0 Å². The van der Waals surface area contributed by atoms with Crippen molar-refractivity contribution >= 4 is 23.9 Å². The first-order chi connectivity index (χ1) is 17.2. The number of benzene rings is 3. The molecule has 0 unspecified atom stereocenters. The van der Waals surface area contributed by atoms with E-state index in [0.717, 1.165) is 11.1 Å². The summed E-state index contributed by atoms with van der Waals surface area (Å²) in [5.74, 6) is -4.09. The van der Waals surface area contributed by atoms with Gasteiger partial charge in [-0.15, -0.1) is 0 Å². The van der Waals surface area contributed by atoms with E-state index in [9.17, 15) is 29.4 Å². The number of carbonyl (C=O) groups is 4. The summed E-state index contributed by atoms with van der Waals surface area (Å²) in [5, 5.41) is 51.2. The Labute approximate surface area is 212 Å². The van der Waals surface area contributed by atoms with E-state index in [1.54, 1.807) is 24.3 Å². The molecule has 6 N–H and O–H groups in total. The van der Waals surface area contributed by atoms with Crippen molar-refractivity contribution in [1.29, 1.82) is 0 Å². The fraction of sp³-hybridized carbons (Fsp3) is 0.111. The summed E-state index contributed by atoms with van der Waals surface area (Å²) in [5.41, 5.74) is 2.27. The molecular weight excluding hydrogens is 484 g/mol. The Bertz CT molecular complexity index is 1140. The van der Waals surface area contributed by atoms with Crippen LogP contribution in [0.15, 0.2) is 84.9 Å². The van der Waals surface area contributed by atoms with Gasteiger partial charge in [0.1, 0.15) is 11.5 Å². The first-order valence-electron chi connectivity index (χ1n) is 10.5.